The van der Waals surface area contributed by atoms with E-state index in [1.807, 2.05) is 13.8 Å². The number of carbonyl (C=O) groups excluding carboxylic acids is 1. The number of amides is 1. The maximum Gasteiger partial charge on any atom is 0.310 e. The third-order valence-electron chi connectivity index (χ3n) is 4.47. The summed E-state index contributed by atoms with van der Waals surface area (Å²) < 4.78 is 10.6. The van der Waals surface area contributed by atoms with Gasteiger partial charge in [0.1, 0.15) is 12.2 Å². The second kappa shape index (κ2) is 7.04. The summed E-state index contributed by atoms with van der Waals surface area (Å²) in [6.45, 7) is 4.53. The fraction of sp³-hybridized carbons (Fsp3) is 0.857. The van der Waals surface area contributed by atoms with Crippen LogP contribution in [0.25, 0.3) is 0 Å². The van der Waals surface area contributed by atoms with Gasteiger partial charge in [0.25, 0.3) is 0 Å². The summed E-state index contributed by atoms with van der Waals surface area (Å²) in [5.74, 6) is -1.04. The van der Waals surface area contributed by atoms with Crippen molar-refractivity contribution < 1.29 is 24.2 Å². The lowest BCUT2D eigenvalue weighted by Gasteiger charge is -2.28. The normalized spacial score (nSPS) is 23.1. The number of carbonyl (C=O) groups is 2. The van der Waals surface area contributed by atoms with Gasteiger partial charge in [-0.1, -0.05) is 13.8 Å². The molecule has 6 nitrogen and oxygen atoms in total. The summed E-state index contributed by atoms with van der Waals surface area (Å²) in [4.78, 5) is 25.5. The van der Waals surface area contributed by atoms with Gasteiger partial charge in [0, 0.05) is 33.7 Å². The minimum Gasteiger partial charge on any atom is -0.481 e. The lowest BCUT2D eigenvalue weighted by atomic mass is 9.79. The Morgan fingerprint density at radius 3 is 1.90 bits per heavy atom. The maximum atomic E-state index is 12.4. The molecule has 6 heteroatoms. The summed E-state index contributed by atoms with van der Waals surface area (Å²) in [5.41, 5.74) is -0.967. The Kier molecular flexibility index (Phi) is 5.95. The molecule has 0 aromatic rings. The number of likely N-dealkylation sites (tertiary alicyclic amines) is 1. The number of ether oxygens (including phenoxy) is 2. The number of aliphatic carboxylic acids is 1. The summed E-state index contributed by atoms with van der Waals surface area (Å²) in [6.07, 6.45) is 0.625. The third-order valence-corrected chi connectivity index (χ3v) is 4.47. The quantitative estimate of drug-likeness (QED) is 0.760. The zero-order valence-corrected chi connectivity index (χ0v) is 12.7. The van der Waals surface area contributed by atoms with Crippen molar-refractivity contribution in [3.8, 4) is 0 Å². The van der Waals surface area contributed by atoms with Gasteiger partial charge in [0.05, 0.1) is 5.41 Å². The van der Waals surface area contributed by atoms with Crippen molar-refractivity contribution in [3.05, 3.63) is 0 Å². The molecule has 0 aromatic heterocycles. The topological polar surface area (TPSA) is 76.1 Å². The molecule has 1 fully saturated rings. The molecule has 1 aliphatic heterocycles. The van der Waals surface area contributed by atoms with E-state index in [1.54, 1.807) is 19.1 Å². The molecule has 0 spiro atoms. The molecule has 2 atom stereocenters. The van der Waals surface area contributed by atoms with Crippen LogP contribution < -0.4 is 0 Å². The van der Waals surface area contributed by atoms with E-state index in [0.717, 1.165) is 0 Å². The van der Waals surface area contributed by atoms with Crippen molar-refractivity contribution in [2.24, 2.45) is 5.41 Å². The molecular weight excluding hydrogens is 262 g/mol. The van der Waals surface area contributed by atoms with Crippen LogP contribution >= 0.6 is 0 Å². The molecule has 0 radical (unpaired) electrons. The van der Waals surface area contributed by atoms with Crippen molar-refractivity contribution in [2.75, 3.05) is 27.3 Å². The van der Waals surface area contributed by atoms with Crippen LogP contribution in [0.4, 0.5) is 0 Å². The van der Waals surface area contributed by atoms with Crippen LogP contribution in [-0.4, -0.2) is 61.4 Å². The number of nitrogens with zero attached hydrogens (tertiary/aromatic N) is 1. The summed E-state index contributed by atoms with van der Waals surface area (Å²) in [5, 5.41) is 9.39. The van der Waals surface area contributed by atoms with Crippen LogP contribution in [0.15, 0.2) is 0 Å². The molecule has 2 unspecified atom stereocenters. The van der Waals surface area contributed by atoms with Gasteiger partial charge < -0.3 is 19.5 Å². The Morgan fingerprint density at radius 1 is 1.15 bits per heavy atom. The highest BCUT2D eigenvalue weighted by Crippen LogP contribution is 2.32. The van der Waals surface area contributed by atoms with E-state index in [0.29, 0.717) is 25.9 Å². The molecule has 0 aromatic carbocycles. The van der Waals surface area contributed by atoms with Crippen LogP contribution in [0.2, 0.25) is 0 Å². The number of methoxy groups -OCH3 is 2. The average Bonchev–Trinajstić information content (AvgIpc) is 2.87. The number of carboxylic acid groups (broad SMARTS) is 1. The molecule has 1 saturated heterocycles. The molecule has 1 N–H and O–H groups in total. The predicted molar refractivity (Wildman–Crippen MR) is 73.4 cm³/mol. The molecule has 20 heavy (non-hydrogen) atoms. The van der Waals surface area contributed by atoms with Gasteiger partial charge in [0.2, 0.25) is 5.91 Å². The smallest absolute Gasteiger partial charge is 0.310 e. The van der Waals surface area contributed by atoms with Crippen LogP contribution in [0.1, 0.15) is 33.1 Å². The molecule has 1 aliphatic rings. The Labute approximate surface area is 120 Å². The summed E-state index contributed by atoms with van der Waals surface area (Å²) in [6, 6.07) is 0. The first-order valence-corrected chi connectivity index (χ1v) is 7.00. The Balaban J connectivity index is 2.74. The predicted octanol–water partition coefficient (Wildman–Crippen LogP) is 1.14. The summed E-state index contributed by atoms with van der Waals surface area (Å²) in [7, 11) is 3.18. The van der Waals surface area contributed by atoms with E-state index in [1.165, 1.54) is 0 Å². The molecule has 0 bridgehead atoms. The highest BCUT2D eigenvalue weighted by atomic mass is 16.5. The van der Waals surface area contributed by atoms with Gasteiger partial charge in [-0.25, -0.2) is 0 Å². The first-order valence-electron chi connectivity index (χ1n) is 7.00. The van der Waals surface area contributed by atoms with E-state index in [-0.39, 0.29) is 24.5 Å². The zero-order valence-electron chi connectivity index (χ0n) is 12.7. The van der Waals surface area contributed by atoms with Gasteiger partial charge in [0.15, 0.2) is 0 Å². The molecule has 0 saturated carbocycles. The fourth-order valence-electron chi connectivity index (χ4n) is 2.68. The highest BCUT2D eigenvalue weighted by Gasteiger charge is 2.41. The monoisotopic (exact) mass is 287 g/mol. The maximum absolute atomic E-state index is 12.4. The third kappa shape index (κ3) is 3.30. The highest BCUT2D eigenvalue weighted by molar-refractivity contribution is 5.85. The lowest BCUT2D eigenvalue weighted by molar-refractivity contribution is -0.154. The van der Waals surface area contributed by atoms with Crippen molar-refractivity contribution >= 4 is 11.9 Å². The van der Waals surface area contributed by atoms with E-state index in [4.69, 9.17) is 9.47 Å². The van der Waals surface area contributed by atoms with Crippen molar-refractivity contribution in [1.29, 1.82) is 0 Å². The first-order chi connectivity index (χ1) is 9.43. The fourth-order valence-corrected chi connectivity index (χ4v) is 2.68. The minimum absolute atomic E-state index is 0.0300. The molecule has 1 rings (SSSR count). The first kappa shape index (κ1) is 16.9. The number of carboxylic acids is 1. The van der Waals surface area contributed by atoms with E-state index < -0.39 is 11.4 Å². The van der Waals surface area contributed by atoms with Gasteiger partial charge in [-0.2, -0.15) is 0 Å². The van der Waals surface area contributed by atoms with Crippen LogP contribution in [0, 0.1) is 5.41 Å². The lowest BCUT2D eigenvalue weighted by Crippen LogP contribution is -2.39. The number of hydrogen-bond donors (Lipinski definition) is 1. The zero-order chi connectivity index (χ0) is 15.3. The van der Waals surface area contributed by atoms with Crippen LogP contribution in [-0.2, 0) is 19.1 Å². The van der Waals surface area contributed by atoms with E-state index >= 15 is 0 Å². The largest absolute Gasteiger partial charge is 0.481 e. The Bertz CT molecular complexity index is 341. The van der Waals surface area contributed by atoms with Crippen molar-refractivity contribution in [3.63, 3.8) is 0 Å². The van der Waals surface area contributed by atoms with Crippen LogP contribution in [0.5, 0.6) is 0 Å². The average molecular weight is 287 g/mol. The molecular formula is C14H25NO5. The summed E-state index contributed by atoms with van der Waals surface area (Å²) >= 11 is 0. The molecule has 1 heterocycles. The van der Waals surface area contributed by atoms with Crippen molar-refractivity contribution in [2.45, 2.75) is 45.3 Å². The van der Waals surface area contributed by atoms with E-state index in [9.17, 15) is 14.7 Å². The van der Waals surface area contributed by atoms with Gasteiger partial charge >= 0.3 is 5.97 Å². The Hall–Kier alpha value is -1.14. The number of hydrogen-bond acceptors (Lipinski definition) is 4. The van der Waals surface area contributed by atoms with E-state index in [2.05, 4.69) is 0 Å². The standard InChI is InChI=1S/C14H25NO5/c1-5-14(6-2,13(17)18)7-12(16)15-8-10(19-3)11(9-15)20-4/h10-11H,5-9H2,1-4H3,(H,17,18). The molecule has 1 amide bonds. The Morgan fingerprint density at radius 2 is 1.60 bits per heavy atom. The SMILES string of the molecule is CCC(CC)(CC(=O)N1CC(OC)C(OC)C1)C(=O)O. The molecule has 0 aliphatic carbocycles. The van der Waals surface area contributed by atoms with Gasteiger partial charge in [-0.15, -0.1) is 0 Å². The van der Waals surface area contributed by atoms with Gasteiger partial charge in [-0.3, -0.25) is 9.59 Å². The van der Waals surface area contributed by atoms with Gasteiger partial charge in [-0.05, 0) is 12.8 Å². The molecule has 116 valence electrons. The minimum atomic E-state index is -0.967. The van der Waals surface area contributed by atoms with Crippen molar-refractivity contribution in [1.82, 2.24) is 4.90 Å². The second-order valence-electron chi connectivity index (χ2n) is 5.32. The van der Waals surface area contributed by atoms with Crippen LogP contribution in [0.3, 0.4) is 0 Å². The second-order valence-corrected chi connectivity index (χ2v) is 5.32. The number of rotatable bonds is 7.